The van der Waals surface area contributed by atoms with Gasteiger partial charge in [0.15, 0.2) is 6.10 Å². The van der Waals surface area contributed by atoms with Crippen LogP contribution in [-0.4, -0.2) is 37.2 Å². The number of carbonyl (C=O) groups excluding carboxylic acids is 3. The lowest BCUT2D eigenvalue weighted by Crippen LogP contribution is -2.30. The van der Waals surface area contributed by atoms with Crippen molar-refractivity contribution in [2.24, 2.45) is 0 Å². The largest absolute Gasteiger partial charge is 0.462 e. The Kier molecular flexibility index (Phi) is 47.0. The van der Waals surface area contributed by atoms with Gasteiger partial charge in [0, 0.05) is 19.3 Å². The predicted molar refractivity (Wildman–Crippen MR) is 265 cm³/mol. The Balaban J connectivity index is 4.28. The molecule has 0 saturated heterocycles. The summed E-state index contributed by atoms with van der Waals surface area (Å²) in [5, 5.41) is 0. The van der Waals surface area contributed by atoms with Crippen molar-refractivity contribution in [2.75, 3.05) is 13.2 Å². The van der Waals surface area contributed by atoms with Crippen molar-refractivity contribution in [1.82, 2.24) is 0 Å². The van der Waals surface area contributed by atoms with Gasteiger partial charge in [0.1, 0.15) is 13.2 Å². The van der Waals surface area contributed by atoms with Crippen molar-refractivity contribution in [2.45, 2.75) is 226 Å². The van der Waals surface area contributed by atoms with Crippen LogP contribution in [0.15, 0.2) is 97.2 Å². The molecule has 1 atom stereocenters. The van der Waals surface area contributed by atoms with Crippen molar-refractivity contribution in [1.29, 1.82) is 0 Å². The van der Waals surface area contributed by atoms with Crippen molar-refractivity contribution < 1.29 is 28.6 Å². The molecule has 352 valence electrons. The molecule has 1 unspecified atom stereocenters. The topological polar surface area (TPSA) is 78.9 Å². The Morgan fingerprint density at radius 1 is 0.339 bits per heavy atom. The molecule has 0 aliphatic rings. The molecule has 0 aromatic rings. The van der Waals surface area contributed by atoms with Crippen molar-refractivity contribution in [3.8, 4) is 0 Å². The molecule has 0 aromatic carbocycles. The van der Waals surface area contributed by atoms with Crippen LogP contribution in [0.3, 0.4) is 0 Å². The zero-order chi connectivity index (χ0) is 45.1. The summed E-state index contributed by atoms with van der Waals surface area (Å²) >= 11 is 0. The number of esters is 3. The molecule has 0 aliphatic heterocycles. The average Bonchev–Trinajstić information content (AvgIpc) is 3.27. The van der Waals surface area contributed by atoms with Crippen molar-refractivity contribution in [3.05, 3.63) is 97.2 Å². The third-order valence-electron chi connectivity index (χ3n) is 10.3. The van der Waals surface area contributed by atoms with Crippen LogP contribution < -0.4 is 0 Å². The van der Waals surface area contributed by atoms with Gasteiger partial charge >= 0.3 is 17.9 Å². The average molecular weight is 861 g/mol. The summed E-state index contributed by atoms with van der Waals surface area (Å²) in [7, 11) is 0. The lowest BCUT2D eigenvalue weighted by atomic mass is 10.1. The van der Waals surface area contributed by atoms with E-state index in [-0.39, 0.29) is 31.1 Å². The molecule has 6 heteroatoms. The van der Waals surface area contributed by atoms with Crippen LogP contribution in [0.25, 0.3) is 0 Å². The van der Waals surface area contributed by atoms with Crippen LogP contribution in [0.4, 0.5) is 0 Å². The summed E-state index contributed by atoms with van der Waals surface area (Å²) in [6, 6.07) is 0. The Bertz CT molecular complexity index is 1260. The fourth-order valence-electron chi connectivity index (χ4n) is 6.60. The van der Waals surface area contributed by atoms with E-state index in [9.17, 15) is 14.4 Å². The fourth-order valence-corrected chi connectivity index (χ4v) is 6.60. The summed E-state index contributed by atoms with van der Waals surface area (Å²) in [6.45, 7) is 6.31. The first-order valence-corrected chi connectivity index (χ1v) is 25.2. The molecule has 0 amide bonds. The first kappa shape index (κ1) is 58.3. The molecule has 6 nitrogen and oxygen atoms in total. The minimum atomic E-state index is -0.791. The van der Waals surface area contributed by atoms with E-state index in [2.05, 4.69) is 118 Å². The Hall–Kier alpha value is -3.67. The third kappa shape index (κ3) is 47.4. The molecule has 0 aliphatic carbocycles. The molecule has 0 bridgehead atoms. The number of hydrogen-bond donors (Lipinski definition) is 0. The zero-order valence-electron chi connectivity index (χ0n) is 40.1. The Morgan fingerprint density at radius 2 is 0.629 bits per heavy atom. The van der Waals surface area contributed by atoms with Gasteiger partial charge in [-0.15, -0.1) is 0 Å². The van der Waals surface area contributed by atoms with Gasteiger partial charge in [0.2, 0.25) is 0 Å². The first-order valence-electron chi connectivity index (χ1n) is 25.2. The van der Waals surface area contributed by atoms with Crippen LogP contribution in [-0.2, 0) is 28.6 Å². The smallest absolute Gasteiger partial charge is 0.306 e. The number of ether oxygens (including phenoxy) is 3. The van der Waals surface area contributed by atoms with Crippen molar-refractivity contribution >= 4 is 17.9 Å². The molecule has 0 radical (unpaired) electrons. The van der Waals surface area contributed by atoms with E-state index in [1.54, 1.807) is 0 Å². The third-order valence-corrected chi connectivity index (χ3v) is 10.3. The van der Waals surface area contributed by atoms with Gasteiger partial charge in [-0.05, 0) is 96.3 Å². The molecule has 0 heterocycles. The molecule has 0 rings (SSSR count). The fraction of sp³-hybridized carbons (Fsp3) is 0.661. The van der Waals surface area contributed by atoms with Crippen LogP contribution in [0.2, 0.25) is 0 Å². The maximum absolute atomic E-state index is 12.7. The number of hydrogen-bond acceptors (Lipinski definition) is 6. The molecule has 0 fully saturated rings. The highest BCUT2D eigenvalue weighted by Gasteiger charge is 2.19. The van der Waals surface area contributed by atoms with Gasteiger partial charge in [-0.1, -0.05) is 201 Å². The van der Waals surface area contributed by atoms with Crippen molar-refractivity contribution in [3.63, 3.8) is 0 Å². The predicted octanol–water partition coefficient (Wildman–Crippen LogP) is 16.6. The molecular formula is C56H92O6. The molecule has 62 heavy (non-hydrogen) atoms. The molecule has 0 N–H and O–H groups in total. The van der Waals surface area contributed by atoms with Gasteiger partial charge in [-0.3, -0.25) is 14.4 Å². The standard InChI is InChI=1S/C56H92O6/c1-4-7-10-13-16-18-20-22-24-26-27-28-29-31-32-34-36-38-40-43-46-49-55(58)61-52-53(51-60-54(57)48-45-42-15-12-9-6-3)62-56(59)50-47-44-41-39-37-35-33-30-25-23-21-19-17-14-11-8-5-2/h7-8,10-11,16-19,22-25,27-28,33,35,53H,4-6,9,12-15,20-21,26,29-32,34,36-52H2,1-3H3/b10-7-,11-8-,18-16-,19-17-,24-22-,25-23-,28-27-,35-33-. The summed E-state index contributed by atoms with van der Waals surface area (Å²) < 4.78 is 16.7. The van der Waals surface area contributed by atoms with Crippen LogP contribution in [0.5, 0.6) is 0 Å². The molecule has 0 spiro atoms. The van der Waals surface area contributed by atoms with E-state index in [0.717, 1.165) is 128 Å². The molecular weight excluding hydrogens is 769 g/mol. The first-order chi connectivity index (χ1) is 30.5. The lowest BCUT2D eigenvalue weighted by Gasteiger charge is -2.18. The maximum atomic E-state index is 12.7. The Morgan fingerprint density at radius 3 is 0.984 bits per heavy atom. The second kappa shape index (κ2) is 50.0. The summed E-state index contributed by atoms with van der Waals surface area (Å²) in [5.41, 5.74) is 0. The summed E-state index contributed by atoms with van der Waals surface area (Å²) in [5.74, 6) is -0.938. The second-order valence-electron chi connectivity index (χ2n) is 16.3. The lowest BCUT2D eigenvalue weighted by molar-refractivity contribution is -0.167. The SMILES string of the molecule is CC/C=C\C/C=C\C/C=C\C/C=C\CCCCCCCCCCC(=O)OCC(COC(=O)CCCCCCCC)OC(=O)CCCCCC/C=C\C/C=C\C/C=C\C/C=C\CC. The molecule has 0 aromatic heterocycles. The van der Waals surface area contributed by atoms with Crippen LogP contribution in [0, 0.1) is 0 Å². The van der Waals surface area contributed by atoms with Crippen LogP contribution >= 0.6 is 0 Å². The van der Waals surface area contributed by atoms with E-state index < -0.39 is 6.10 Å². The highest BCUT2D eigenvalue weighted by Crippen LogP contribution is 2.13. The Labute approximate surface area is 381 Å². The normalized spacial score (nSPS) is 12.9. The minimum Gasteiger partial charge on any atom is -0.462 e. The van der Waals surface area contributed by atoms with Gasteiger partial charge in [0.05, 0.1) is 0 Å². The van der Waals surface area contributed by atoms with Gasteiger partial charge in [-0.2, -0.15) is 0 Å². The number of allylic oxidation sites excluding steroid dienone is 16. The highest BCUT2D eigenvalue weighted by molar-refractivity contribution is 5.71. The quantitative estimate of drug-likeness (QED) is 0.0263. The van der Waals surface area contributed by atoms with E-state index >= 15 is 0 Å². The van der Waals surface area contributed by atoms with E-state index in [0.29, 0.717) is 19.3 Å². The van der Waals surface area contributed by atoms with Gasteiger partial charge < -0.3 is 14.2 Å². The minimum absolute atomic E-state index is 0.0913. The van der Waals surface area contributed by atoms with Gasteiger partial charge in [0.25, 0.3) is 0 Å². The maximum Gasteiger partial charge on any atom is 0.306 e. The zero-order valence-corrected chi connectivity index (χ0v) is 40.1. The van der Waals surface area contributed by atoms with E-state index in [1.807, 2.05) is 0 Å². The number of rotatable bonds is 44. The summed E-state index contributed by atoms with van der Waals surface area (Å²) in [6.07, 6.45) is 65.6. The second-order valence-corrected chi connectivity index (χ2v) is 16.3. The van der Waals surface area contributed by atoms with Crippen LogP contribution in [0.1, 0.15) is 220 Å². The van der Waals surface area contributed by atoms with E-state index in [4.69, 9.17) is 14.2 Å². The number of carbonyl (C=O) groups is 3. The monoisotopic (exact) mass is 861 g/mol. The summed E-state index contributed by atoms with van der Waals surface area (Å²) in [4.78, 5) is 37.7. The van der Waals surface area contributed by atoms with E-state index in [1.165, 1.54) is 51.4 Å². The van der Waals surface area contributed by atoms with Gasteiger partial charge in [-0.25, -0.2) is 0 Å². The highest BCUT2D eigenvalue weighted by atomic mass is 16.6. The number of unbranched alkanes of at least 4 members (excludes halogenated alkanes) is 17. The molecule has 0 saturated carbocycles.